The molecule has 2 N–H and O–H groups in total. The van der Waals surface area contributed by atoms with Crippen LogP contribution in [0, 0.1) is 23.0 Å². The maximum Gasteiger partial charge on any atom is 0.417 e. The van der Waals surface area contributed by atoms with Crippen LogP contribution in [-0.4, -0.2) is 19.9 Å². The topological polar surface area (TPSA) is 90.3 Å². The van der Waals surface area contributed by atoms with Crippen LogP contribution in [0.3, 0.4) is 0 Å². The summed E-state index contributed by atoms with van der Waals surface area (Å²) < 4.78 is 66.0. The Balaban J connectivity index is 1.72. The second kappa shape index (κ2) is 7.64. The Morgan fingerprint density at radius 1 is 1.03 bits per heavy atom. The number of nitrogens with one attached hydrogen (secondary N) is 2. The number of rotatable bonds is 4. The van der Waals surface area contributed by atoms with Crippen LogP contribution in [0.4, 0.5) is 27.9 Å². The average molecular weight is 430 g/mol. The summed E-state index contributed by atoms with van der Waals surface area (Å²) in [6.45, 7) is -0.0202. The van der Waals surface area contributed by atoms with Gasteiger partial charge in [0.25, 0.3) is 0 Å². The van der Waals surface area contributed by atoms with Crippen molar-refractivity contribution in [1.29, 1.82) is 5.26 Å². The summed E-state index contributed by atoms with van der Waals surface area (Å²) in [6, 6.07) is 5.81. The fraction of sp³-hybridized carbons (Fsp3) is 0.100. The number of hydrogen-bond acceptors (Lipinski definition) is 5. The Kier molecular flexibility index (Phi) is 4.98. The minimum Gasteiger partial charge on any atom is -0.350 e. The molecule has 11 heteroatoms. The minimum atomic E-state index is -4.59. The fourth-order valence-electron chi connectivity index (χ4n) is 3.00. The quantitative estimate of drug-likeness (QED) is 0.454. The molecule has 4 rings (SSSR count). The zero-order valence-corrected chi connectivity index (χ0v) is 15.4. The summed E-state index contributed by atoms with van der Waals surface area (Å²) in [5.74, 6) is -1.47. The molecule has 0 radical (unpaired) electrons. The summed E-state index contributed by atoms with van der Waals surface area (Å²) in [4.78, 5) is 14.7. The summed E-state index contributed by atoms with van der Waals surface area (Å²) in [6.07, 6.45) is -1.28. The number of H-pyrrole nitrogens is 1. The van der Waals surface area contributed by atoms with Crippen molar-refractivity contribution in [1.82, 2.24) is 19.9 Å². The zero-order valence-electron chi connectivity index (χ0n) is 15.4. The monoisotopic (exact) mass is 430 g/mol. The van der Waals surface area contributed by atoms with Crippen molar-refractivity contribution in [2.45, 2.75) is 12.7 Å². The number of aromatic nitrogens is 4. The smallest absolute Gasteiger partial charge is 0.350 e. The molecule has 4 aromatic rings. The normalized spacial score (nSPS) is 11.5. The molecule has 0 saturated heterocycles. The molecule has 0 bridgehead atoms. The van der Waals surface area contributed by atoms with E-state index in [4.69, 9.17) is 0 Å². The minimum absolute atomic E-state index is 0.0202. The van der Waals surface area contributed by atoms with Gasteiger partial charge in [-0.25, -0.2) is 23.7 Å². The first kappa shape index (κ1) is 20.2. The van der Waals surface area contributed by atoms with Gasteiger partial charge >= 0.3 is 6.18 Å². The van der Waals surface area contributed by atoms with E-state index in [0.29, 0.717) is 6.20 Å². The number of pyridine rings is 1. The summed E-state index contributed by atoms with van der Waals surface area (Å²) in [5, 5.41) is 12.3. The molecule has 3 aromatic heterocycles. The number of nitrogens with zero attached hydrogens (tertiary/aromatic N) is 4. The van der Waals surface area contributed by atoms with Crippen molar-refractivity contribution in [3.05, 3.63) is 71.2 Å². The van der Waals surface area contributed by atoms with Gasteiger partial charge in [0.1, 0.15) is 23.4 Å². The average Bonchev–Trinajstić information content (AvgIpc) is 3.14. The molecule has 0 unspecified atom stereocenters. The third-order valence-corrected chi connectivity index (χ3v) is 4.40. The van der Waals surface area contributed by atoms with Crippen LogP contribution < -0.4 is 5.32 Å². The maximum absolute atomic E-state index is 13.3. The van der Waals surface area contributed by atoms with E-state index in [-0.39, 0.29) is 45.9 Å². The molecule has 0 saturated carbocycles. The highest BCUT2D eigenvalue weighted by Gasteiger charge is 2.31. The molecule has 31 heavy (non-hydrogen) atoms. The maximum atomic E-state index is 13.3. The Morgan fingerprint density at radius 2 is 1.77 bits per heavy atom. The molecule has 156 valence electrons. The molecule has 0 aliphatic rings. The van der Waals surface area contributed by atoms with Crippen LogP contribution in [0.5, 0.6) is 0 Å². The molecule has 0 fully saturated rings. The Hall–Kier alpha value is -4.07. The van der Waals surface area contributed by atoms with Crippen LogP contribution in [0.2, 0.25) is 0 Å². The van der Waals surface area contributed by atoms with Gasteiger partial charge in [-0.3, -0.25) is 0 Å². The largest absolute Gasteiger partial charge is 0.417 e. The van der Waals surface area contributed by atoms with E-state index < -0.39 is 23.4 Å². The molecule has 0 atom stereocenters. The van der Waals surface area contributed by atoms with Gasteiger partial charge in [-0.05, 0) is 23.8 Å². The van der Waals surface area contributed by atoms with E-state index in [1.165, 1.54) is 12.4 Å². The number of anilines is 1. The number of aromatic amines is 1. The number of halogens is 5. The molecular formula is C20H11F5N6. The van der Waals surface area contributed by atoms with Gasteiger partial charge in [0.2, 0.25) is 5.95 Å². The zero-order chi connectivity index (χ0) is 22.2. The van der Waals surface area contributed by atoms with Crippen molar-refractivity contribution in [2.75, 3.05) is 5.32 Å². The Morgan fingerprint density at radius 3 is 2.45 bits per heavy atom. The molecule has 3 heterocycles. The molecule has 6 nitrogen and oxygen atoms in total. The van der Waals surface area contributed by atoms with Gasteiger partial charge in [-0.2, -0.15) is 18.4 Å². The number of alkyl halides is 3. The molecular weight excluding hydrogens is 419 g/mol. The van der Waals surface area contributed by atoms with Crippen molar-refractivity contribution in [3.8, 4) is 17.3 Å². The first-order valence-electron chi connectivity index (χ1n) is 8.75. The Labute approximate surface area is 171 Å². The third-order valence-electron chi connectivity index (χ3n) is 4.40. The lowest BCUT2D eigenvalue weighted by Gasteiger charge is -2.09. The number of nitriles is 1. The summed E-state index contributed by atoms with van der Waals surface area (Å²) >= 11 is 0. The van der Waals surface area contributed by atoms with Crippen LogP contribution in [0.15, 0.2) is 42.9 Å². The molecule has 0 aliphatic heterocycles. The van der Waals surface area contributed by atoms with E-state index in [1.54, 1.807) is 0 Å². The second-order valence-electron chi connectivity index (χ2n) is 6.52. The third kappa shape index (κ3) is 4.13. The number of fused-ring (bicyclic) bond motifs is 1. The fourth-order valence-corrected chi connectivity index (χ4v) is 3.00. The standard InChI is InChI=1S/C20H11F5N6/c21-13-1-10(2-14(22)4-13)6-29-19-30-7-11(5-26)17(31-19)16-9-28-18-15(16)3-12(8-27-18)20(23,24)25/h1-4,7-9H,6H2,(H,27,28)(H,29,30,31). The molecule has 1 aromatic carbocycles. The van der Waals surface area contributed by atoms with Crippen molar-refractivity contribution < 1.29 is 22.0 Å². The predicted octanol–water partition coefficient (Wildman–Crippen LogP) is 4.80. The van der Waals surface area contributed by atoms with E-state index in [1.807, 2.05) is 6.07 Å². The van der Waals surface area contributed by atoms with Crippen LogP contribution in [0.1, 0.15) is 16.7 Å². The second-order valence-corrected chi connectivity index (χ2v) is 6.52. The lowest BCUT2D eigenvalue weighted by molar-refractivity contribution is -0.137. The molecule has 0 spiro atoms. The van der Waals surface area contributed by atoms with Crippen molar-refractivity contribution >= 4 is 17.0 Å². The predicted molar refractivity (Wildman–Crippen MR) is 101 cm³/mol. The van der Waals surface area contributed by atoms with E-state index in [0.717, 1.165) is 24.3 Å². The molecule has 0 aliphatic carbocycles. The van der Waals surface area contributed by atoms with Crippen molar-refractivity contribution in [3.63, 3.8) is 0 Å². The molecule has 0 amide bonds. The van der Waals surface area contributed by atoms with Gasteiger partial charge in [0, 0.05) is 36.0 Å². The number of hydrogen-bond donors (Lipinski definition) is 2. The highest BCUT2D eigenvalue weighted by molar-refractivity contribution is 5.94. The van der Waals surface area contributed by atoms with Crippen LogP contribution >= 0.6 is 0 Å². The first-order chi connectivity index (χ1) is 14.7. The van der Waals surface area contributed by atoms with Crippen LogP contribution in [-0.2, 0) is 12.7 Å². The van der Waals surface area contributed by atoms with E-state index in [9.17, 15) is 27.2 Å². The Bertz CT molecular complexity index is 1300. The lowest BCUT2D eigenvalue weighted by Crippen LogP contribution is -2.06. The highest BCUT2D eigenvalue weighted by Crippen LogP contribution is 2.34. The van der Waals surface area contributed by atoms with Crippen molar-refractivity contribution in [2.24, 2.45) is 0 Å². The van der Waals surface area contributed by atoms with Gasteiger partial charge in [0.15, 0.2) is 0 Å². The first-order valence-corrected chi connectivity index (χ1v) is 8.75. The van der Waals surface area contributed by atoms with Gasteiger partial charge in [0.05, 0.1) is 23.0 Å². The van der Waals surface area contributed by atoms with Gasteiger partial charge in [-0.15, -0.1) is 0 Å². The summed E-state index contributed by atoms with van der Waals surface area (Å²) in [5.41, 5.74) is -0.126. The number of benzene rings is 1. The SMILES string of the molecule is N#Cc1cnc(NCc2cc(F)cc(F)c2)nc1-c1c[nH]c2ncc(C(F)(F)F)cc12. The lowest BCUT2D eigenvalue weighted by atomic mass is 10.1. The van der Waals surface area contributed by atoms with E-state index in [2.05, 4.69) is 25.3 Å². The van der Waals surface area contributed by atoms with Gasteiger partial charge < -0.3 is 10.3 Å². The van der Waals surface area contributed by atoms with Crippen LogP contribution in [0.25, 0.3) is 22.3 Å². The highest BCUT2D eigenvalue weighted by atomic mass is 19.4. The van der Waals surface area contributed by atoms with E-state index >= 15 is 0 Å². The van der Waals surface area contributed by atoms with Gasteiger partial charge in [-0.1, -0.05) is 0 Å². The summed E-state index contributed by atoms with van der Waals surface area (Å²) in [7, 11) is 0.